The van der Waals surface area contributed by atoms with E-state index in [9.17, 15) is 0 Å². The lowest BCUT2D eigenvalue weighted by atomic mass is 10.0. The summed E-state index contributed by atoms with van der Waals surface area (Å²) in [6, 6.07) is 0. The van der Waals surface area contributed by atoms with Crippen molar-refractivity contribution in [3.8, 4) is 0 Å². The summed E-state index contributed by atoms with van der Waals surface area (Å²) in [5, 5.41) is 8.89. The van der Waals surface area contributed by atoms with Crippen LogP contribution in [0.3, 0.4) is 0 Å². The molecule has 124 valence electrons. The van der Waals surface area contributed by atoms with Gasteiger partial charge in [-0.05, 0) is 20.3 Å². The quantitative estimate of drug-likeness (QED) is 0.448. The molecule has 3 nitrogen and oxygen atoms in total. The summed E-state index contributed by atoms with van der Waals surface area (Å²) in [4.78, 5) is 0. The lowest BCUT2D eigenvalue weighted by molar-refractivity contribution is -0.143. The number of aliphatic hydroxyl groups is 1. The SMILES string of the molecule is CCCCCCCCCC[C@@H]1OC(C)(C)O[C@H]1/C=C/CO. The van der Waals surface area contributed by atoms with Gasteiger partial charge in [-0.3, -0.25) is 0 Å². The molecule has 0 aromatic rings. The minimum Gasteiger partial charge on any atom is -0.392 e. The van der Waals surface area contributed by atoms with Gasteiger partial charge in [-0.15, -0.1) is 0 Å². The summed E-state index contributed by atoms with van der Waals surface area (Å²) in [5.41, 5.74) is 0. The molecule has 1 rings (SSSR count). The molecular weight excluding hydrogens is 264 g/mol. The Labute approximate surface area is 130 Å². The monoisotopic (exact) mass is 298 g/mol. The fourth-order valence-electron chi connectivity index (χ4n) is 2.92. The second kappa shape index (κ2) is 10.4. The van der Waals surface area contributed by atoms with E-state index in [1.54, 1.807) is 6.08 Å². The van der Waals surface area contributed by atoms with Gasteiger partial charge < -0.3 is 14.6 Å². The summed E-state index contributed by atoms with van der Waals surface area (Å²) >= 11 is 0. The van der Waals surface area contributed by atoms with Crippen molar-refractivity contribution in [1.29, 1.82) is 0 Å². The van der Waals surface area contributed by atoms with Gasteiger partial charge in [0.1, 0.15) is 6.10 Å². The van der Waals surface area contributed by atoms with Gasteiger partial charge in [0.25, 0.3) is 0 Å². The predicted octanol–water partition coefficient (Wildman–Crippen LogP) is 4.59. The van der Waals surface area contributed by atoms with Crippen molar-refractivity contribution in [3.05, 3.63) is 12.2 Å². The molecule has 21 heavy (non-hydrogen) atoms. The van der Waals surface area contributed by atoms with Crippen LogP contribution in [0.2, 0.25) is 0 Å². The van der Waals surface area contributed by atoms with E-state index in [0.29, 0.717) is 0 Å². The van der Waals surface area contributed by atoms with Gasteiger partial charge in [0, 0.05) is 0 Å². The maximum absolute atomic E-state index is 8.89. The van der Waals surface area contributed by atoms with Crippen molar-refractivity contribution in [2.45, 2.75) is 96.6 Å². The van der Waals surface area contributed by atoms with Crippen molar-refractivity contribution in [2.24, 2.45) is 0 Å². The van der Waals surface area contributed by atoms with Gasteiger partial charge in [-0.2, -0.15) is 0 Å². The van der Waals surface area contributed by atoms with Gasteiger partial charge in [-0.1, -0.05) is 70.4 Å². The molecule has 1 N–H and O–H groups in total. The van der Waals surface area contributed by atoms with Crippen molar-refractivity contribution in [3.63, 3.8) is 0 Å². The number of rotatable bonds is 11. The van der Waals surface area contributed by atoms with Crippen molar-refractivity contribution in [2.75, 3.05) is 6.61 Å². The van der Waals surface area contributed by atoms with E-state index in [1.807, 2.05) is 19.9 Å². The average molecular weight is 298 g/mol. The van der Waals surface area contributed by atoms with Crippen LogP contribution in [0.1, 0.15) is 78.6 Å². The average Bonchev–Trinajstić information content (AvgIpc) is 2.74. The minimum absolute atomic E-state index is 0.0169. The Bertz CT molecular complexity index is 286. The largest absolute Gasteiger partial charge is 0.392 e. The third kappa shape index (κ3) is 7.98. The molecule has 0 saturated carbocycles. The summed E-state index contributed by atoms with van der Waals surface area (Å²) in [6.07, 6.45) is 15.5. The van der Waals surface area contributed by atoms with Crippen molar-refractivity contribution in [1.82, 2.24) is 0 Å². The Balaban J connectivity index is 2.16. The zero-order valence-corrected chi connectivity index (χ0v) is 14.1. The third-order valence-electron chi connectivity index (χ3n) is 3.99. The highest BCUT2D eigenvalue weighted by atomic mass is 16.7. The van der Waals surface area contributed by atoms with Gasteiger partial charge >= 0.3 is 0 Å². The summed E-state index contributed by atoms with van der Waals surface area (Å²) < 4.78 is 11.8. The molecule has 0 bridgehead atoms. The molecule has 3 heteroatoms. The maximum atomic E-state index is 8.89. The second-order valence-corrected chi connectivity index (χ2v) is 6.51. The molecular formula is C18H34O3. The summed E-state index contributed by atoms with van der Waals surface area (Å²) in [7, 11) is 0. The molecule has 1 saturated heterocycles. The van der Waals surface area contributed by atoms with E-state index in [2.05, 4.69) is 6.92 Å². The van der Waals surface area contributed by atoms with E-state index in [-0.39, 0.29) is 18.8 Å². The first-order chi connectivity index (χ1) is 10.1. The Morgan fingerprint density at radius 1 is 0.952 bits per heavy atom. The van der Waals surface area contributed by atoms with Crippen molar-refractivity contribution >= 4 is 0 Å². The standard InChI is InChI=1S/C18H34O3/c1-4-5-6-7-8-9-10-11-13-16-17(14-12-15-19)21-18(2,3)20-16/h12,14,16-17,19H,4-11,13,15H2,1-3H3/b14-12+/t16-,17-/m0/s1. The van der Waals surface area contributed by atoms with Crippen LogP contribution in [0.4, 0.5) is 0 Å². The number of unbranched alkanes of at least 4 members (excludes halogenated alkanes) is 7. The molecule has 0 aliphatic carbocycles. The smallest absolute Gasteiger partial charge is 0.164 e. The maximum Gasteiger partial charge on any atom is 0.164 e. The van der Waals surface area contributed by atoms with Crippen LogP contribution in [0.15, 0.2) is 12.2 Å². The predicted molar refractivity (Wildman–Crippen MR) is 87.3 cm³/mol. The Morgan fingerprint density at radius 3 is 2.19 bits per heavy atom. The first-order valence-corrected chi connectivity index (χ1v) is 8.72. The number of hydrogen-bond donors (Lipinski definition) is 1. The molecule has 0 aromatic heterocycles. The second-order valence-electron chi connectivity index (χ2n) is 6.51. The summed E-state index contributed by atoms with van der Waals surface area (Å²) in [5.74, 6) is -0.505. The van der Waals surface area contributed by atoms with E-state index in [0.717, 1.165) is 6.42 Å². The van der Waals surface area contributed by atoms with Crippen LogP contribution >= 0.6 is 0 Å². The molecule has 1 aliphatic rings. The number of aliphatic hydroxyl groups excluding tert-OH is 1. The Hall–Kier alpha value is -0.380. The zero-order chi connectivity index (χ0) is 15.6. The number of hydrogen-bond acceptors (Lipinski definition) is 3. The fourth-order valence-corrected chi connectivity index (χ4v) is 2.92. The molecule has 0 spiro atoms. The molecule has 0 unspecified atom stereocenters. The molecule has 1 aliphatic heterocycles. The molecule has 0 aromatic carbocycles. The van der Waals surface area contributed by atoms with Crippen LogP contribution in [-0.2, 0) is 9.47 Å². The van der Waals surface area contributed by atoms with Crippen LogP contribution < -0.4 is 0 Å². The molecule has 2 atom stereocenters. The van der Waals surface area contributed by atoms with Crippen molar-refractivity contribution < 1.29 is 14.6 Å². The first-order valence-electron chi connectivity index (χ1n) is 8.72. The highest BCUT2D eigenvalue weighted by molar-refractivity contribution is 4.97. The van der Waals surface area contributed by atoms with Gasteiger partial charge in [0.2, 0.25) is 0 Å². The van der Waals surface area contributed by atoms with E-state index in [4.69, 9.17) is 14.6 Å². The first kappa shape index (κ1) is 18.7. The van der Waals surface area contributed by atoms with Gasteiger partial charge in [0.05, 0.1) is 12.7 Å². The zero-order valence-electron chi connectivity index (χ0n) is 14.1. The molecule has 1 fully saturated rings. The summed E-state index contributed by atoms with van der Waals surface area (Å²) in [6.45, 7) is 6.23. The van der Waals surface area contributed by atoms with Crippen LogP contribution in [0.5, 0.6) is 0 Å². The minimum atomic E-state index is -0.505. The lowest BCUT2D eigenvalue weighted by Crippen LogP contribution is -2.21. The molecule has 0 radical (unpaired) electrons. The highest BCUT2D eigenvalue weighted by Gasteiger charge is 2.39. The highest BCUT2D eigenvalue weighted by Crippen LogP contribution is 2.31. The fraction of sp³-hybridized carbons (Fsp3) is 0.889. The normalized spacial score (nSPS) is 25.0. The van der Waals surface area contributed by atoms with Gasteiger partial charge in [0.15, 0.2) is 5.79 Å². The van der Waals surface area contributed by atoms with Gasteiger partial charge in [-0.25, -0.2) is 0 Å². The Morgan fingerprint density at radius 2 is 1.57 bits per heavy atom. The molecule has 1 heterocycles. The third-order valence-corrected chi connectivity index (χ3v) is 3.99. The van der Waals surface area contributed by atoms with E-state index < -0.39 is 5.79 Å². The van der Waals surface area contributed by atoms with E-state index in [1.165, 1.54) is 51.4 Å². The topological polar surface area (TPSA) is 38.7 Å². The number of ether oxygens (including phenoxy) is 2. The molecule has 0 amide bonds. The Kier molecular flexibility index (Phi) is 9.21. The van der Waals surface area contributed by atoms with Crippen LogP contribution in [-0.4, -0.2) is 29.7 Å². The van der Waals surface area contributed by atoms with Crippen LogP contribution in [0, 0.1) is 0 Å². The van der Waals surface area contributed by atoms with Crippen LogP contribution in [0.25, 0.3) is 0 Å². The lowest BCUT2D eigenvalue weighted by Gasteiger charge is -2.16. The van der Waals surface area contributed by atoms with E-state index >= 15 is 0 Å².